The Bertz CT molecular complexity index is 901. The van der Waals surface area contributed by atoms with Gasteiger partial charge in [0.2, 0.25) is 11.8 Å². The second-order valence-electron chi connectivity index (χ2n) is 5.69. The lowest BCUT2D eigenvalue weighted by molar-refractivity contribution is -0.137. The number of aryl methyl sites for hydroxylation is 1. The van der Waals surface area contributed by atoms with E-state index in [-0.39, 0.29) is 12.1 Å². The van der Waals surface area contributed by atoms with Gasteiger partial charge in [-0.25, -0.2) is 4.98 Å². The van der Waals surface area contributed by atoms with E-state index in [9.17, 15) is 18.0 Å². The van der Waals surface area contributed by atoms with Gasteiger partial charge in [0.15, 0.2) is 0 Å². The van der Waals surface area contributed by atoms with E-state index in [2.05, 4.69) is 10.3 Å². The molecule has 0 saturated heterocycles. The summed E-state index contributed by atoms with van der Waals surface area (Å²) in [5, 5.41) is 2.55. The molecular formula is C19H15F3N2O2. The molecule has 0 unspecified atom stereocenters. The largest absolute Gasteiger partial charge is 0.440 e. The van der Waals surface area contributed by atoms with E-state index >= 15 is 0 Å². The first-order chi connectivity index (χ1) is 12.3. The predicted molar refractivity (Wildman–Crippen MR) is 90.5 cm³/mol. The van der Waals surface area contributed by atoms with Crippen LogP contribution in [0.15, 0.2) is 59.0 Å². The lowest BCUT2D eigenvalue weighted by Crippen LogP contribution is -2.15. The highest BCUT2D eigenvalue weighted by atomic mass is 19.4. The van der Waals surface area contributed by atoms with Crippen LogP contribution >= 0.6 is 0 Å². The Hall–Kier alpha value is -3.09. The van der Waals surface area contributed by atoms with Crippen LogP contribution in [0.4, 0.5) is 18.9 Å². The van der Waals surface area contributed by atoms with Crippen LogP contribution in [-0.4, -0.2) is 10.9 Å². The van der Waals surface area contributed by atoms with Gasteiger partial charge in [-0.15, -0.1) is 0 Å². The van der Waals surface area contributed by atoms with Gasteiger partial charge >= 0.3 is 6.18 Å². The van der Waals surface area contributed by atoms with Crippen LogP contribution in [0.25, 0.3) is 11.5 Å². The van der Waals surface area contributed by atoms with Crippen molar-refractivity contribution in [3.05, 3.63) is 71.6 Å². The van der Waals surface area contributed by atoms with Crippen molar-refractivity contribution in [3.63, 3.8) is 0 Å². The lowest BCUT2D eigenvalue weighted by Gasteiger charge is -2.08. The third-order valence-corrected chi connectivity index (χ3v) is 3.73. The summed E-state index contributed by atoms with van der Waals surface area (Å²) in [5.41, 5.74) is 0.897. The summed E-state index contributed by atoms with van der Waals surface area (Å²) in [7, 11) is 0. The summed E-state index contributed by atoms with van der Waals surface area (Å²) in [6, 6.07) is 13.5. The van der Waals surface area contributed by atoms with Crippen LogP contribution in [0.2, 0.25) is 0 Å². The topological polar surface area (TPSA) is 55.1 Å². The molecule has 1 aromatic heterocycles. The first kappa shape index (κ1) is 17.7. The molecule has 1 heterocycles. The third-order valence-electron chi connectivity index (χ3n) is 3.73. The molecule has 0 bridgehead atoms. The maximum Gasteiger partial charge on any atom is 0.416 e. The Kier molecular flexibility index (Phi) is 4.79. The van der Waals surface area contributed by atoms with Crippen molar-refractivity contribution < 1.29 is 22.4 Å². The summed E-state index contributed by atoms with van der Waals surface area (Å²) < 4.78 is 43.3. The number of rotatable bonds is 4. The van der Waals surface area contributed by atoms with Crippen LogP contribution in [0.3, 0.4) is 0 Å². The van der Waals surface area contributed by atoms with E-state index in [1.54, 1.807) is 6.92 Å². The average Bonchev–Trinajstić information content (AvgIpc) is 2.96. The van der Waals surface area contributed by atoms with E-state index in [0.29, 0.717) is 17.3 Å². The number of aromatic nitrogens is 1. The van der Waals surface area contributed by atoms with Gasteiger partial charge in [0.25, 0.3) is 0 Å². The summed E-state index contributed by atoms with van der Waals surface area (Å²) in [6.07, 6.45) is -4.47. The molecular weight excluding hydrogens is 345 g/mol. The van der Waals surface area contributed by atoms with Crippen molar-refractivity contribution in [2.45, 2.75) is 19.5 Å². The Balaban J connectivity index is 1.68. The van der Waals surface area contributed by atoms with Gasteiger partial charge in [0, 0.05) is 11.3 Å². The molecule has 0 fully saturated rings. The molecule has 0 aliphatic carbocycles. The number of nitrogens with one attached hydrogen (secondary N) is 1. The molecule has 1 amide bonds. The molecule has 0 spiro atoms. The number of carbonyl (C=O) groups is 1. The maximum absolute atomic E-state index is 12.5. The molecule has 0 aliphatic heterocycles. The number of hydrogen-bond acceptors (Lipinski definition) is 3. The zero-order chi connectivity index (χ0) is 18.7. The predicted octanol–water partition coefficient (Wildman–Crippen LogP) is 4.85. The highest BCUT2D eigenvalue weighted by Crippen LogP contribution is 2.30. The normalized spacial score (nSPS) is 11.4. The van der Waals surface area contributed by atoms with E-state index in [4.69, 9.17) is 4.42 Å². The van der Waals surface area contributed by atoms with Crippen LogP contribution in [0.5, 0.6) is 0 Å². The second kappa shape index (κ2) is 7.03. The quantitative estimate of drug-likeness (QED) is 0.724. The van der Waals surface area contributed by atoms with Crippen molar-refractivity contribution >= 4 is 11.6 Å². The SMILES string of the molecule is Cc1nc(-c2ccccc2)oc1CC(=O)Nc1ccc(C(F)(F)F)cc1. The third kappa shape index (κ3) is 4.11. The van der Waals surface area contributed by atoms with Gasteiger partial charge in [-0.3, -0.25) is 4.79 Å². The molecule has 0 radical (unpaired) electrons. The maximum atomic E-state index is 12.5. The molecule has 26 heavy (non-hydrogen) atoms. The number of alkyl halides is 3. The van der Waals surface area contributed by atoms with Crippen LogP contribution < -0.4 is 5.32 Å². The van der Waals surface area contributed by atoms with Gasteiger partial charge < -0.3 is 9.73 Å². The minimum atomic E-state index is -4.41. The molecule has 2 aromatic carbocycles. The van der Waals surface area contributed by atoms with E-state index < -0.39 is 17.6 Å². The molecule has 3 rings (SSSR count). The molecule has 4 nitrogen and oxygen atoms in total. The first-order valence-corrected chi connectivity index (χ1v) is 7.82. The molecule has 1 N–H and O–H groups in total. The van der Waals surface area contributed by atoms with Crippen molar-refractivity contribution in [2.75, 3.05) is 5.32 Å². The zero-order valence-corrected chi connectivity index (χ0v) is 13.8. The van der Waals surface area contributed by atoms with Crippen LogP contribution in [0, 0.1) is 6.92 Å². The minimum absolute atomic E-state index is 0.0628. The van der Waals surface area contributed by atoms with Gasteiger partial charge in [-0.05, 0) is 43.3 Å². The van der Waals surface area contributed by atoms with Crippen molar-refractivity contribution in [3.8, 4) is 11.5 Å². The minimum Gasteiger partial charge on any atom is -0.440 e. The van der Waals surface area contributed by atoms with E-state index in [1.165, 1.54) is 12.1 Å². The molecule has 0 atom stereocenters. The number of halogens is 3. The van der Waals surface area contributed by atoms with Crippen molar-refractivity contribution in [2.24, 2.45) is 0 Å². The van der Waals surface area contributed by atoms with Gasteiger partial charge in [-0.1, -0.05) is 18.2 Å². The highest BCUT2D eigenvalue weighted by molar-refractivity contribution is 5.92. The number of carbonyl (C=O) groups excluding carboxylic acids is 1. The fraction of sp³-hybridized carbons (Fsp3) is 0.158. The summed E-state index contributed by atoms with van der Waals surface area (Å²) in [6.45, 7) is 1.73. The summed E-state index contributed by atoms with van der Waals surface area (Å²) in [5.74, 6) is 0.428. The molecule has 7 heteroatoms. The standard InChI is InChI=1S/C19H15F3N2O2/c1-12-16(26-18(23-12)13-5-3-2-4-6-13)11-17(25)24-15-9-7-14(8-10-15)19(20,21)22/h2-10H,11H2,1H3,(H,24,25). The summed E-state index contributed by atoms with van der Waals surface area (Å²) in [4.78, 5) is 16.4. The number of nitrogens with zero attached hydrogens (tertiary/aromatic N) is 1. The van der Waals surface area contributed by atoms with E-state index in [0.717, 1.165) is 17.7 Å². The smallest absolute Gasteiger partial charge is 0.416 e. The molecule has 0 aliphatic rings. The highest BCUT2D eigenvalue weighted by Gasteiger charge is 2.30. The van der Waals surface area contributed by atoms with Crippen molar-refractivity contribution in [1.29, 1.82) is 0 Å². The number of oxazole rings is 1. The number of anilines is 1. The van der Waals surface area contributed by atoms with E-state index in [1.807, 2.05) is 30.3 Å². The fourth-order valence-electron chi connectivity index (χ4n) is 2.39. The fourth-order valence-corrected chi connectivity index (χ4v) is 2.39. The monoisotopic (exact) mass is 360 g/mol. The van der Waals surface area contributed by atoms with Gasteiger partial charge in [0.05, 0.1) is 17.7 Å². The van der Waals surface area contributed by atoms with Gasteiger partial charge in [0.1, 0.15) is 5.76 Å². The van der Waals surface area contributed by atoms with Crippen LogP contribution in [0.1, 0.15) is 17.0 Å². The second-order valence-corrected chi connectivity index (χ2v) is 5.69. The zero-order valence-electron chi connectivity index (χ0n) is 13.8. The Morgan fingerprint density at radius 3 is 2.35 bits per heavy atom. The molecule has 134 valence electrons. The summed E-state index contributed by atoms with van der Waals surface area (Å²) >= 11 is 0. The van der Waals surface area contributed by atoms with Crippen LogP contribution in [-0.2, 0) is 17.4 Å². The van der Waals surface area contributed by atoms with Gasteiger partial charge in [-0.2, -0.15) is 13.2 Å². The Morgan fingerprint density at radius 2 is 1.73 bits per heavy atom. The molecule has 0 saturated carbocycles. The van der Waals surface area contributed by atoms with Crippen molar-refractivity contribution in [1.82, 2.24) is 4.98 Å². The molecule has 3 aromatic rings. The number of benzene rings is 2. The Labute approximate surface area is 147 Å². The number of amides is 1. The first-order valence-electron chi connectivity index (χ1n) is 7.82. The average molecular weight is 360 g/mol. The Morgan fingerprint density at radius 1 is 1.08 bits per heavy atom. The number of hydrogen-bond donors (Lipinski definition) is 1. The lowest BCUT2D eigenvalue weighted by atomic mass is 10.2.